The molecule has 0 fully saturated rings. The number of ether oxygens (including phenoxy) is 1. The van der Waals surface area contributed by atoms with Crippen LogP contribution >= 0.6 is 11.6 Å². The summed E-state index contributed by atoms with van der Waals surface area (Å²) in [6.07, 6.45) is 1.64. The zero-order chi connectivity index (χ0) is 10.1. The van der Waals surface area contributed by atoms with E-state index < -0.39 is 5.60 Å². The first-order valence-corrected chi connectivity index (χ1v) is 4.35. The van der Waals surface area contributed by atoms with Crippen molar-refractivity contribution in [3.63, 3.8) is 0 Å². The summed E-state index contributed by atoms with van der Waals surface area (Å²) < 4.78 is 7.14. The Morgan fingerprint density at radius 3 is 2.69 bits per heavy atom. The van der Waals surface area contributed by atoms with Crippen LogP contribution in [0.25, 0.3) is 0 Å². The third-order valence-electron chi connectivity index (χ3n) is 2.23. The van der Waals surface area contributed by atoms with Gasteiger partial charge in [-0.25, -0.2) is 4.98 Å². The fraction of sp³-hybridized carbons (Fsp3) is 0.625. The lowest BCUT2D eigenvalue weighted by Gasteiger charge is -2.26. The Morgan fingerprint density at radius 2 is 2.38 bits per heavy atom. The molecule has 4 nitrogen and oxygen atoms in total. The summed E-state index contributed by atoms with van der Waals surface area (Å²) in [6, 6.07) is 0. The Kier molecular flexibility index (Phi) is 2.95. The molecule has 1 heterocycles. The summed E-state index contributed by atoms with van der Waals surface area (Å²) in [5.74, 6) is 0. The van der Waals surface area contributed by atoms with Gasteiger partial charge in [0.15, 0.2) is 5.15 Å². The van der Waals surface area contributed by atoms with Crippen LogP contribution in [-0.2, 0) is 17.4 Å². The van der Waals surface area contributed by atoms with Crippen LogP contribution in [0.5, 0.6) is 0 Å². The number of halogens is 1. The topological polar surface area (TPSA) is 53.1 Å². The van der Waals surface area contributed by atoms with Gasteiger partial charge in [-0.2, -0.15) is 0 Å². The SMILES string of the molecule is COC(C)(CN)c1c(Cl)ncn1C. The third kappa shape index (κ3) is 1.70. The van der Waals surface area contributed by atoms with Crippen LogP contribution in [0.3, 0.4) is 0 Å². The predicted octanol–water partition coefficient (Wildman–Crippen LogP) is 0.894. The zero-order valence-electron chi connectivity index (χ0n) is 8.04. The maximum absolute atomic E-state index is 5.92. The molecule has 1 aromatic heterocycles. The van der Waals surface area contributed by atoms with E-state index in [1.54, 1.807) is 13.4 Å². The van der Waals surface area contributed by atoms with Gasteiger partial charge in [0.1, 0.15) is 5.60 Å². The van der Waals surface area contributed by atoms with E-state index in [4.69, 9.17) is 22.1 Å². The molecule has 0 aromatic carbocycles. The van der Waals surface area contributed by atoms with Gasteiger partial charge in [-0.05, 0) is 6.92 Å². The van der Waals surface area contributed by atoms with Crippen LogP contribution in [0.15, 0.2) is 6.33 Å². The Hall–Kier alpha value is -0.580. The summed E-state index contributed by atoms with van der Waals surface area (Å²) in [7, 11) is 3.47. The maximum Gasteiger partial charge on any atom is 0.153 e. The summed E-state index contributed by atoms with van der Waals surface area (Å²) in [4.78, 5) is 3.97. The first-order chi connectivity index (χ1) is 6.05. The number of hydrogen-bond acceptors (Lipinski definition) is 3. The standard InChI is InChI=1S/C8H14ClN3O/c1-8(4-10,13-3)6-7(9)11-5-12(6)2/h5H,4,10H2,1-3H3. The molecular formula is C8H14ClN3O. The van der Waals surface area contributed by atoms with Crippen LogP contribution < -0.4 is 5.73 Å². The molecule has 0 radical (unpaired) electrons. The van der Waals surface area contributed by atoms with Crippen LogP contribution in [-0.4, -0.2) is 23.2 Å². The first kappa shape index (κ1) is 10.5. The highest BCUT2D eigenvalue weighted by Crippen LogP contribution is 2.28. The molecule has 0 aliphatic heterocycles. The van der Waals surface area contributed by atoms with Crippen molar-refractivity contribution < 1.29 is 4.74 Å². The molecule has 0 saturated carbocycles. The van der Waals surface area contributed by atoms with Crippen molar-refractivity contribution in [1.29, 1.82) is 0 Å². The summed E-state index contributed by atoms with van der Waals surface area (Å²) in [5, 5.41) is 0.442. The number of nitrogens with two attached hydrogens (primary N) is 1. The Balaban J connectivity index is 3.18. The lowest BCUT2D eigenvalue weighted by molar-refractivity contribution is 0.00421. The molecular weight excluding hydrogens is 190 g/mol. The largest absolute Gasteiger partial charge is 0.371 e. The lowest BCUT2D eigenvalue weighted by atomic mass is 10.0. The zero-order valence-corrected chi connectivity index (χ0v) is 8.80. The molecule has 0 aliphatic rings. The van der Waals surface area contributed by atoms with Gasteiger partial charge in [0.05, 0.1) is 12.0 Å². The molecule has 74 valence electrons. The number of imidazole rings is 1. The van der Waals surface area contributed by atoms with E-state index in [1.165, 1.54) is 0 Å². The Bertz CT molecular complexity index is 274. The first-order valence-electron chi connectivity index (χ1n) is 3.97. The lowest BCUT2D eigenvalue weighted by Crippen LogP contribution is -2.35. The van der Waals surface area contributed by atoms with E-state index >= 15 is 0 Å². The molecule has 1 aromatic rings. The summed E-state index contributed by atoms with van der Waals surface area (Å²) in [5.41, 5.74) is 5.86. The second-order valence-corrected chi connectivity index (χ2v) is 3.49. The molecule has 2 N–H and O–H groups in total. The molecule has 0 saturated heterocycles. The van der Waals surface area contributed by atoms with Crippen molar-refractivity contribution in [2.45, 2.75) is 12.5 Å². The van der Waals surface area contributed by atoms with Crippen molar-refractivity contribution in [2.75, 3.05) is 13.7 Å². The van der Waals surface area contributed by atoms with E-state index in [9.17, 15) is 0 Å². The van der Waals surface area contributed by atoms with Gasteiger partial charge in [-0.15, -0.1) is 0 Å². The monoisotopic (exact) mass is 203 g/mol. The quantitative estimate of drug-likeness (QED) is 0.794. The molecule has 0 amide bonds. The summed E-state index contributed by atoms with van der Waals surface area (Å²) in [6.45, 7) is 2.25. The van der Waals surface area contributed by atoms with Crippen LogP contribution in [0, 0.1) is 0 Å². The third-order valence-corrected chi connectivity index (χ3v) is 2.51. The van der Waals surface area contributed by atoms with Crippen LogP contribution in [0.4, 0.5) is 0 Å². The molecule has 0 spiro atoms. The van der Waals surface area contributed by atoms with Crippen molar-refractivity contribution in [2.24, 2.45) is 12.8 Å². The minimum Gasteiger partial charge on any atom is -0.371 e. The highest BCUT2D eigenvalue weighted by Gasteiger charge is 2.30. The van der Waals surface area contributed by atoms with Gasteiger partial charge >= 0.3 is 0 Å². The van der Waals surface area contributed by atoms with E-state index in [2.05, 4.69) is 4.98 Å². The number of nitrogens with zero attached hydrogens (tertiary/aromatic N) is 2. The molecule has 0 aliphatic carbocycles. The van der Waals surface area contributed by atoms with Gasteiger partial charge in [0.25, 0.3) is 0 Å². The van der Waals surface area contributed by atoms with Crippen LogP contribution in [0.1, 0.15) is 12.6 Å². The number of hydrogen-bond donors (Lipinski definition) is 1. The fourth-order valence-corrected chi connectivity index (χ4v) is 1.65. The van der Waals surface area contributed by atoms with Crippen LogP contribution in [0.2, 0.25) is 5.15 Å². The minimum atomic E-state index is -0.567. The van der Waals surface area contributed by atoms with Gasteiger partial charge in [0.2, 0.25) is 0 Å². The number of methoxy groups -OCH3 is 1. The van der Waals surface area contributed by atoms with E-state index in [1.807, 2.05) is 18.5 Å². The van der Waals surface area contributed by atoms with Crippen molar-refractivity contribution in [1.82, 2.24) is 9.55 Å². The number of aryl methyl sites for hydroxylation is 1. The van der Waals surface area contributed by atoms with Gasteiger partial charge in [-0.3, -0.25) is 0 Å². The average molecular weight is 204 g/mol. The highest BCUT2D eigenvalue weighted by molar-refractivity contribution is 6.30. The normalized spacial score (nSPS) is 15.8. The van der Waals surface area contributed by atoms with Crippen molar-refractivity contribution in [3.05, 3.63) is 17.2 Å². The molecule has 1 atom stereocenters. The second kappa shape index (κ2) is 3.65. The predicted molar refractivity (Wildman–Crippen MR) is 51.6 cm³/mol. The smallest absolute Gasteiger partial charge is 0.153 e. The summed E-state index contributed by atoms with van der Waals surface area (Å²) >= 11 is 5.92. The Morgan fingerprint density at radius 1 is 1.77 bits per heavy atom. The molecule has 0 bridgehead atoms. The fourth-order valence-electron chi connectivity index (χ4n) is 1.27. The van der Waals surface area contributed by atoms with Gasteiger partial charge < -0.3 is 15.0 Å². The number of aromatic nitrogens is 2. The Labute approximate surface area is 82.7 Å². The van der Waals surface area contributed by atoms with Crippen molar-refractivity contribution in [3.8, 4) is 0 Å². The van der Waals surface area contributed by atoms with Gasteiger partial charge in [-0.1, -0.05) is 11.6 Å². The molecule has 13 heavy (non-hydrogen) atoms. The van der Waals surface area contributed by atoms with Gasteiger partial charge in [0, 0.05) is 20.7 Å². The maximum atomic E-state index is 5.92. The molecule has 1 rings (SSSR count). The molecule has 1 unspecified atom stereocenters. The molecule has 5 heteroatoms. The second-order valence-electron chi connectivity index (χ2n) is 3.13. The van der Waals surface area contributed by atoms with E-state index in [-0.39, 0.29) is 0 Å². The number of rotatable bonds is 3. The highest BCUT2D eigenvalue weighted by atomic mass is 35.5. The van der Waals surface area contributed by atoms with E-state index in [0.717, 1.165) is 5.69 Å². The van der Waals surface area contributed by atoms with Crippen molar-refractivity contribution >= 4 is 11.6 Å². The average Bonchev–Trinajstić information content (AvgIpc) is 2.46. The van der Waals surface area contributed by atoms with E-state index in [0.29, 0.717) is 11.7 Å². The minimum absolute atomic E-state index is 0.364.